The zero-order valence-corrected chi connectivity index (χ0v) is 11.4. The van der Waals surface area contributed by atoms with Crippen LogP contribution in [0.25, 0.3) is 0 Å². The average Bonchev–Trinajstić information content (AvgIpc) is 2.90. The normalized spacial score (nSPS) is 21.1. The molecular formula is C13H18N2O3S. The molecule has 2 rings (SSSR count). The van der Waals surface area contributed by atoms with E-state index in [0.717, 1.165) is 17.7 Å². The molecule has 1 aliphatic rings. The Kier molecular flexibility index (Phi) is 4.55. The van der Waals surface area contributed by atoms with Gasteiger partial charge in [0.2, 0.25) is 5.91 Å². The van der Waals surface area contributed by atoms with Gasteiger partial charge in [0.1, 0.15) is 6.04 Å². The van der Waals surface area contributed by atoms with Crippen LogP contribution in [-0.2, 0) is 9.59 Å². The molecule has 104 valence electrons. The maximum atomic E-state index is 12.3. The minimum atomic E-state index is -0.804. The number of carboxylic acids is 1. The highest BCUT2D eigenvalue weighted by molar-refractivity contribution is 7.10. The number of carboxylic acid groups (broad SMARTS) is 1. The summed E-state index contributed by atoms with van der Waals surface area (Å²) in [5.41, 5.74) is 5.96. The van der Waals surface area contributed by atoms with E-state index >= 15 is 0 Å². The van der Waals surface area contributed by atoms with E-state index in [1.807, 2.05) is 17.5 Å². The maximum Gasteiger partial charge on any atom is 0.303 e. The van der Waals surface area contributed by atoms with Crippen molar-refractivity contribution in [1.29, 1.82) is 0 Å². The Hall–Kier alpha value is -1.40. The van der Waals surface area contributed by atoms with Crippen molar-refractivity contribution in [2.75, 3.05) is 13.1 Å². The Morgan fingerprint density at radius 3 is 3.00 bits per heavy atom. The van der Waals surface area contributed by atoms with Gasteiger partial charge < -0.3 is 15.7 Å². The van der Waals surface area contributed by atoms with Crippen molar-refractivity contribution in [2.45, 2.75) is 25.3 Å². The Morgan fingerprint density at radius 1 is 1.58 bits per heavy atom. The lowest BCUT2D eigenvalue weighted by molar-refractivity contribution is -0.141. The van der Waals surface area contributed by atoms with E-state index in [1.165, 1.54) is 11.3 Å². The second-order valence-corrected chi connectivity index (χ2v) is 5.86. The fourth-order valence-corrected chi connectivity index (χ4v) is 3.18. The zero-order chi connectivity index (χ0) is 13.8. The molecule has 3 N–H and O–H groups in total. The van der Waals surface area contributed by atoms with Crippen LogP contribution in [0.2, 0.25) is 0 Å². The number of hydrogen-bond acceptors (Lipinski definition) is 4. The molecule has 1 aromatic rings. The summed E-state index contributed by atoms with van der Waals surface area (Å²) in [7, 11) is 0. The molecule has 0 spiro atoms. The van der Waals surface area contributed by atoms with Crippen LogP contribution in [-0.4, -0.2) is 35.0 Å². The number of carbonyl (C=O) groups excluding carboxylic acids is 1. The molecular weight excluding hydrogens is 264 g/mol. The third kappa shape index (κ3) is 3.54. The molecule has 1 aliphatic heterocycles. The molecule has 1 aromatic heterocycles. The molecule has 2 atom stereocenters. The number of piperidine rings is 1. The molecule has 0 aromatic carbocycles. The van der Waals surface area contributed by atoms with Gasteiger partial charge in [0.15, 0.2) is 0 Å². The van der Waals surface area contributed by atoms with E-state index in [4.69, 9.17) is 10.8 Å². The second kappa shape index (κ2) is 6.16. The summed E-state index contributed by atoms with van der Waals surface area (Å²) in [4.78, 5) is 25.6. The van der Waals surface area contributed by atoms with E-state index in [-0.39, 0.29) is 18.2 Å². The summed E-state index contributed by atoms with van der Waals surface area (Å²) in [5.74, 6) is -0.856. The third-order valence-electron chi connectivity index (χ3n) is 3.41. The van der Waals surface area contributed by atoms with Gasteiger partial charge in [0, 0.05) is 24.4 Å². The Morgan fingerprint density at radius 2 is 2.37 bits per heavy atom. The van der Waals surface area contributed by atoms with Gasteiger partial charge in [-0.15, -0.1) is 11.3 Å². The van der Waals surface area contributed by atoms with Crippen molar-refractivity contribution in [1.82, 2.24) is 4.90 Å². The van der Waals surface area contributed by atoms with Crippen molar-refractivity contribution in [3.8, 4) is 0 Å². The van der Waals surface area contributed by atoms with Crippen LogP contribution in [0.4, 0.5) is 0 Å². The molecule has 0 saturated carbocycles. The first-order valence-electron chi connectivity index (χ1n) is 6.37. The van der Waals surface area contributed by atoms with E-state index in [1.54, 1.807) is 4.90 Å². The highest BCUT2D eigenvalue weighted by Gasteiger charge is 2.29. The maximum absolute atomic E-state index is 12.3. The van der Waals surface area contributed by atoms with Crippen molar-refractivity contribution in [3.63, 3.8) is 0 Å². The Bertz CT molecular complexity index is 447. The van der Waals surface area contributed by atoms with Gasteiger partial charge in [-0.1, -0.05) is 6.07 Å². The highest BCUT2D eigenvalue weighted by atomic mass is 32.1. The highest BCUT2D eigenvalue weighted by Crippen LogP contribution is 2.24. The van der Waals surface area contributed by atoms with Gasteiger partial charge >= 0.3 is 5.97 Å². The predicted octanol–water partition coefficient (Wildman–Crippen LogP) is 1.46. The van der Waals surface area contributed by atoms with Gasteiger partial charge in [-0.2, -0.15) is 0 Å². The number of nitrogens with two attached hydrogens (primary N) is 1. The van der Waals surface area contributed by atoms with E-state index in [2.05, 4.69) is 0 Å². The quantitative estimate of drug-likeness (QED) is 0.875. The van der Waals surface area contributed by atoms with Gasteiger partial charge in [-0.25, -0.2) is 0 Å². The summed E-state index contributed by atoms with van der Waals surface area (Å²) >= 11 is 1.47. The molecule has 1 fully saturated rings. The lowest BCUT2D eigenvalue weighted by Gasteiger charge is -2.33. The minimum Gasteiger partial charge on any atom is -0.481 e. The summed E-state index contributed by atoms with van der Waals surface area (Å²) in [5, 5.41) is 10.7. The fraction of sp³-hybridized carbons (Fsp3) is 0.538. The number of hydrogen-bond donors (Lipinski definition) is 2. The second-order valence-electron chi connectivity index (χ2n) is 4.88. The van der Waals surface area contributed by atoms with E-state index in [0.29, 0.717) is 13.1 Å². The van der Waals surface area contributed by atoms with Crippen molar-refractivity contribution >= 4 is 23.2 Å². The zero-order valence-electron chi connectivity index (χ0n) is 10.6. The fourth-order valence-electron chi connectivity index (χ4n) is 2.47. The minimum absolute atomic E-state index is 0.0470. The molecule has 5 nitrogen and oxygen atoms in total. The summed E-state index contributed by atoms with van der Waals surface area (Å²) in [6, 6.07) is 3.10. The number of likely N-dealkylation sites (tertiary alicyclic amines) is 1. The summed E-state index contributed by atoms with van der Waals surface area (Å²) in [6.07, 6.45) is 1.84. The van der Waals surface area contributed by atoms with Crippen LogP contribution < -0.4 is 5.73 Å². The smallest absolute Gasteiger partial charge is 0.303 e. The first kappa shape index (κ1) is 14.0. The molecule has 6 heteroatoms. The van der Waals surface area contributed by atoms with E-state index in [9.17, 15) is 9.59 Å². The SMILES string of the molecule is NC(C(=O)N1CCCC(CC(=O)O)C1)c1cccs1. The van der Waals surface area contributed by atoms with Gasteiger partial charge in [0.05, 0.1) is 0 Å². The Labute approximate surface area is 116 Å². The lowest BCUT2D eigenvalue weighted by atomic mass is 9.94. The first-order valence-corrected chi connectivity index (χ1v) is 7.25. The van der Waals surface area contributed by atoms with Crippen molar-refractivity contribution < 1.29 is 14.7 Å². The topological polar surface area (TPSA) is 83.6 Å². The monoisotopic (exact) mass is 282 g/mol. The summed E-state index contributed by atoms with van der Waals surface area (Å²) in [6.45, 7) is 1.18. The molecule has 19 heavy (non-hydrogen) atoms. The molecule has 0 radical (unpaired) electrons. The van der Waals surface area contributed by atoms with Crippen molar-refractivity contribution in [2.24, 2.45) is 11.7 Å². The number of rotatable bonds is 4. The molecule has 1 amide bonds. The van der Waals surface area contributed by atoms with Crippen LogP contribution in [0.3, 0.4) is 0 Å². The third-order valence-corrected chi connectivity index (χ3v) is 4.37. The van der Waals surface area contributed by atoms with Gasteiger partial charge in [0.25, 0.3) is 0 Å². The molecule has 2 heterocycles. The van der Waals surface area contributed by atoms with Crippen LogP contribution in [0.15, 0.2) is 17.5 Å². The largest absolute Gasteiger partial charge is 0.481 e. The average molecular weight is 282 g/mol. The number of nitrogens with zero attached hydrogens (tertiary/aromatic N) is 1. The Balaban J connectivity index is 1.97. The van der Waals surface area contributed by atoms with Crippen LogP contribution in [0, 0.1) is 5.92 Å². The van der Waals surface area contributed by atoms with E-state index < -0.39 is 12.0 Å². The van der Waals surface area contributed by atoms with Gasteiger partial charge in [-0.3, -0.25) is 9.59 Å². The number of thiophene rings is 1. The number of amides is 1. The predicted molar refractivity (Wildman–Crippen MR) is 72.8 cm³/mol. The molecule has 0 bridgehead atoms. The van der Waals surface area contributed by atoms with Gasteiger partial charge in [-0.05, 0) is 30.2 Å². The van der Waals surface area contributed by atoms with Crippen molar-refractivity contribution in [3.05, 3.63) is 22.4 Å². The molecule has 1 saturated heterocycles. The number of aliphatic carboxylic acids is 1. The number of carbonyl (C=O) groups is 2. The van der Waals surface area contributed by atoms with Crippen LogP contribution in [0.5, 0.6) is 0 Å². The first-order chi connectivity index (χ1) is 9.08. The summed E-state index contributed by atoms with van der Waals surface area (Å²) < 4.78 is 0. The standard InChI is InChI=1S/C13H18N2O3S/c14-12(10-4-2-6-19-10)13(18)15-5-1-3-9(8-15)7-11(16)17/h2,4,6,9,12H,1,3,5,7-8,14H2,(H,16,17). The van der Waals surface area contributed by atoms with Crippen LogP contribution >= 0.6 is 11.3 Å². The van der Waals surface area contributed by atoms with Crippen LogP contribution in [0.1, 0.15) is 30.2 Å². The molecule has 2 unspecified atom stereocenters. The molecule has 0 aliphatic carbocycles. The lowest BCUT2D eigenvalue weighted by Crippen LogP contribution is -2.44.